The second kappa shape index (κ2) is 6.94. The highest BCUT2D eigenvalue weighted by molar-refractivity contribution is 7.91. The Hall–Kier alpha value is -0.170. The molecule has 1 aliphatic carbocycles. The van der Waals surface area contributed by atoms with Gasteiger partial charge in [-0.15, -0.1) is 0 Å². The van der Waals surface area contributed by atoms with Crippen molar-refractivity contribution in [1.29, 1.82) is 0 Å². The molecule has 0 bridgehead atoms. The number of sulfone groups is 1. The van der Waals surface area contributed by atoms with E-state index in [1.54, 1.807) is 0 Å². The highest BCUT2D eigenvalue weighted by atomic mass is 32.2. The van der Waals surface area contributed by atoms with Crippen LogP contribution in [0.25, 0.3) is 0 Å². The molecule has 2 aliphatic rings. The maximum Gasteiger partial charge on any atom is 0.151 e. The van der Waals surface area contributed by atoms with Crippen LogP contribution < -0.4 is 5.32 Å². The summed E-state index contributed by atoms with van der Waals surface area (Å²) in [6, 6.07) is 0.522. The lowest BCUT2D eigenvalue weighted by Gasteiger charge is -2.45. The maximum absolute atomic E-state index is 11.7. The molecule has 6 heteroatoms. The lowest BCUT2D eigenvalue weighted by atomic mass is 9.78. The van der Waals surface area contributed by atoms with Crippen LogP contribution in [0.2, 0.25) is 0 Å². The fraction of sp³-hybridized carbons (Fsp3) is 1.00. The van der Waals surface area contributed by atoms with Crippen molar-refractivity contribution in [3.63, 3.8) is 0 Å². The van der Waals surface area contributed by atoms with Crippen LogP contribution in [0, 0.1) is 0 Å². The molecule has 1 saturated carbocycles. The van der Waals surface area contributed by atoms with Crippen LogP contribution in [0.5, 0.6) is 0 Å². The largest absolute Gasteiger partial charge is 0.394 e. The standard InChI is InChI=1S/C15H30N2O3S/c1-3-8-16-15(12-18)7-4-5-13(10-15)17(2)14-6-9-21(19,20)11-14/h13-14,16,18H,3-12H2,1-2H3. The predicted molar refractivity (Wildman–Crippen MR) is 85.2 cm³/mol. The minimum absolute atomic E-state index is 0.153. The van der Waals surface area contributed by atoms with E-state index in [0.717, 1.165) is 45.1 Å². The average molecular weight is 318 g/mol. The smallest absolute Gasteiger partial charge is 0.151 e. The molecule has 2 rings (SSSR count). The molecule has 124 valence electrons. The first-order valence-electron chi connectivity index (χ1n) is 8.19. The van der Waals surface area contributed by atoms with Crippen molar-refractivity contribution in [2.24, 2.45) is 0 Å². The monoisotopic (exact) mass is 318 g/mol. The van der Waals surface area contributed by atoms with Crippen molar-refractivity contribution in [1.82, 2.24) is 10.2 Å². The molecule has 1 saturated heterocycles. The first-order valence-corrected chi connectivity index (χ1v) is 10.0. The van der Waals surface area contributed by atoms with Crippen molar-refractivity contribution >= 4 is 9.84 Å². The zero-order valence-electron chi connectivity index (χ0n) is 13.3. The van der Waals surface area contributed by atoms with Gasteiger partial charge in [-0.1, -0.05) is 6.92 Å². The summed E-state index contributed by atoms with van der Waals surface area (Å²) in [5.74, 6) is 0.627. The van der Waals surface area contributed by atoms with Gasteiger partial charge in [0.1, 0.15) is 0 Å². The van der Waals surface area contributed by atoms with Gasteiger partial charge in [0.15, 0.2) is 9.84 Å². The normalized spacial score (nSPS) is 36.2. The van der Waals surface area contributed by atoms with Gasteiger partial charge in [0.2, 0.25) is 0 Å². The molecule has 0 spiro atoms. The van der Waals surface area contributed by atoms with E-state index in [1.807, 2.05) is 0 Å². The van der Waals surface area contributed by atoms with Crippen LogP contribution in [0.4, 0.5) is 0 Å². The van der Waals surface area contributed by atoms with Crippen molar-refractivity contribution in [2.75, 3.05) is 31.7 Å². The number of nitrogens with zero attached hydrogens (tertiary/aromatic N) is 1. The van der Waals surface area contributed by atoms with Gasteiger partial charge in [-0.2, -0.15) is 0 Å². The van der Waals surface area contributed by atoms with Gasteiger partial charge in [0, 0.05) is 17.6 Å². The van der Waals surface area contributed by atoms with Gasteiger partial charge < -0.3 is 10.4 Å². The summed E-state index contributed by atoms with van der Waals surface area (Å²) in [5, 5.41) is 13.4. The Kier molecular flexibility index (Phi) is 5.68. The van der Waals surface area contributed by atoms with Crippen molar-refractivity contribution in [3.05, 3.63) is 0 Å². The van der Waals surface area contributed by atoms with E-state index in [1.165, 1.54) is 0 Å². The first-order chi connectivity index (χ1) is 9.91. The Morgan fingerprint density at radius 3 is 2.67 bits per heavy atom. The molecule has 0 amide bonds. The second-order valence-electron chi connectivity index (χ2n) is 6.84. The summed E-state index contributed by atoms with van der Waals surface area (Å²) in [7, 11) is -0.775. The molecule has 0 radical (unpaired) electrons. The fourth-order valence-electron chi connectivity index (χ4n) is 3.82. The lowest BCUT2D eigenvalue weighted by molar-refractivity contribution is 0.0568. The Balaban J connectivity index is 1.99. The Morgan fingerprint density at radius 2 is 2.10 bits per heavy atom. The summed E-state index contributed by atoms with van der Waals surface area (Å²) < 4.78 is 23.3. The van der Waals surface area contributed by atoms with Crippen LogP contribution in [-0.2, 0) is 9.84 Å². The summed E-state index contributed by atoms with van der Waals surface area (Å²) in [6.45, 7) is 3.23. The Bertz CT molecular complexity index is 440. The zero-order chi connectivity index (χ0) is 15.5. The van der Waals surface area contributed by atoms with Gasteiger partial charge in [-0.05, 0) is 52.1 Å². The summed E-state index contributed by atoms with van der Waals surface area (Å²) in [5.41, 5.74) is -0.176. The summed E-state index contributed by atoms with van der Waals surface area (Å²) in [6.07, 6.45) is 5.93. The molecule has 1 aliphatic heterocycles. The molecule has 21 heavy (non-hydrogen) atoms. The molecule has 3 atom stereocenters. The molecule has 0 aromatic carbocycles. The Labute approximate surface area is 129 Å². The van der Waals surface area contributed by atoms with Gasteiger partial charge in [0.25, 0.3) is 0 Å². The number of rotatable bonds is 6. The molecular formula is C15H30N2O3S. The molecule has 2 N–H and O–H groups in total. The molecule has 5 nitrogen and oxygen atoms in total. The predicted octanol–water partition coefficient (Wildman–Crippen LogP) is 0.779. The van der Waals surface area contributed by atoms with Crippen LogP contribution in [0.15, 0.2) is 0 Å². The van der Waals surface area contributed by atoms with E-state index in [0.29, 0.717) is 17.5 Å². The summed E-state index contributed by atoms with van der Waals surface area (Å²) >= 11 is 0. The number of aliphatic hydroxyl groups is 1. The van der Waals surface area contributed by atoms with E-state index < -0.39 is 9.84 Å². The third-order valence-electron chi connectivity index (χ3n) is 5.23. The van der Waals surface area contributed by atoms with E-state index >= 15 is 0 Å². The Morgan fingerprint density at radius 1 is 1.33 bits per heavy atom. The third kappa shape index (κ3) is 4.18. The highest BCUT2D eigenvalue weighted by Crippen LogP contribution is 2.33. The van der Waals surface area contributed by atoms with E-state index in [9.17, 15) is 13.5 Å². The topological polar surface area (TPSA) is 69.6 Å². The fourth-order valence-corrected chi connectivity index (χ4v) is 5.61. The lowest BCUT2D eigenvalue weighted by Crippen LogP contribution is -2.56. The van der Waals surface area contributed by atoms with Gasteiger partial charge in [-0.25, -0.2) is 8.42 Å². The van der Waals surface area contributed by atoms with Crippen LogP contribution in [0.3, 0.4) is 0 Å². The van der Waals surface area contributed by atoms with Crippen molar-refractivity contribution in [3.8, 4) is 0 Å². The number of nitrogens with one attached hydrogen (secondary N) is 1. The van der Waals surface area contributed by atoms with E-state index in [2.05, 4.69) is 24.2 Å². The molecule has 0 aromatic rings. The number of hydrogen-bond acceptors (Lipinski definition) is 5. The minimum Gasteiger partial charge on any atom is -0.394 e. The van der Waals surface area contributed by atoms with Crippen LogP contribution in [-0.4, -0.2) is 67.8 Å². The zero-order valence-corrected chi connectivity index (χ0v) is 14.2. The molecule has 2 fully saturated rings. The van der Waals surface area contributed by atoms with Crippen LogP contribution >= 0.6 is 0 Å². The number of aliphatic hydroxyl groups excluding tert-OH is 1. The molecule has 0 aromatic heterocycles. The van der Waals surface area contributed by atoms with Gasteiger partial charge in [-0.3, -0.25) is 4.90 Å². The SMILES string of the molecule is CCCNC1(CO)CCCC(N(C)C2CCS(=O)(=O)C2)C1. The van der Waals surface area contributed by atoms with Gasteiger partial charge >= 0.3 is 0 Å². The van der Waals surface area contributed by atoms with Gasteiger partial charge in [0.05, 0.1) is 18.1 Å². The number of hydrogen-bond donors (Lipinski definition) is 2. The first kappa shape index (κ1) is 17.2. The van der Waals surface area contributed by atoms with Crippen molar-refractivity contribution < 1.29 is 13.5 Å². The van der Waals surface area contributed by atoms with E-state index in [4.69, 9.17) is 0 Å². The third-order valence-corrected chi connectivity index (χ3v) is 6.98. The quantitative estimate of drug-likeness (QED) is 0.757. The van der Waals surface area contributed by atoms with Crippen molar-refractivity contribution in [2.45, 2.75) is 63.1 Å². The second-order valence-corrected chi connectivity index (χ2v) is 9.07. The molecule has 3 unspecified atom stereocenters. The summed E-state index contributed by atoms with van der Waals surface area (Å²) in [4.78, 5) is 2.27. The molecule has 1 heterocycles. The average Bonchev–Trinajstić information content (AvgIpc) is 2.85. The minimum atomic E-state index is -2.83. The maximum atomic E-state index is 11.7. The highest BCUT2D eigenvalue weighted by Gasteiger charge is 2.40. The molecular weight excluding hydrogens is 288 g/mol. The van der Waals surface area contributed by atoms with E-state index in [-0.39, 0.29) is 18.2 Å². The van der Waals surface area contributed by atoms with Crippen LogP contribution in [0.1, 0.15) is 45.4 Å².